The summed E-state index contributed by atoms with van der Waals surface area (Å²) in [4.78, 5) is 2.34. The number of fused-ring (bicyclic) bond motifs is 3. The van der Waals surface area contributed by atoms with Crippen LogP contribution >= 0.6 is 0 Å². The van der Waals surface area contributed by atoms with E-state index in [9.17, 15) is 0 Å². The lowest BCUT2D eigenvalue weighted by Gasteiger charge is -2.26. The van der Waals surface area contributed by atoms with Crippen LogP contribution in [0.15, 0.2) is 253 Å². The number of furan rings is 1. The highest BCUT2D eigenvalue weighted by Gasteiger charge is 2.19. The van der Waals surface area contributed by atoms with E-state index in [1.54, 1.807) is 0 Å². The number of hydrogen-bond donors (Lipinski definition) is 0. The lowest BCUT2D eigenvalue weighted by Crippen LogP contribution is -2.09. The zero-order chi connectivity index (χ0) is 41.2. The van der Waals surface area contributed by atoms with Crippen LogP contribution in [0.1, 0.15) is 0 Å². The quantitative estimate of drug-likeness (QED) is 0.145. The first-order valence-electron chi connectivity index (χ1n) is 21.2. The molecule has 0 fully saturated rings. The van der Waals surface area contributed by atoms with Crippen molar-refractivity contribution in [2.45, 2.75) is 0 Å². The van der Waals surface area contributed by atoms with E-state index in [0.29, 0.717) is 0 Å². The van der Waals surface area contributed by atoms with Crippen molar-refractivity contribution in [1.82, 2.24) is 0 Å². The van der Waals surface area contributed by atoms with Gasteiger partial charge in [-0.25, -0.2) is 0 Å². The average Bonchev–Trinajstić information content (AvgIpc) is 3.75. The Kier molecular flexibility index (Phi) is 9.57. The molecular weight excluding hydrogens is 751 g/mol. The van der Waals surface area contributed by atoms with Gasteiger partial charge in [-0.15, -0.1) is 0 Å². The highest BCUT2D eigenvalue weighted by atomic mass is 16.3. The molecule has 0 radical (unpaired) electrons. The van der Waals surface area contributed by atoms with Gasteiger partial charge in [0.25, 0.3) is 0 Å². The average molecular weight is 792 g/mol. The topological polar surface area (TPSA) is 16.4 Å². The molecular formula is C60H41NO. The third-order valence-electron chi connectivity index (χ3n) is 11.9. The smallest absolute Gasteiger partial charge is 0.143 e. The molecule has 2 nitrogen and oxygen atoms in total. The van der Waals surface area contributed by atoms with E-state index in [1.165, 1.54) is 38.9 Å². The third kappa shape index (κ3) is 6.94. The van der Waals surface area contributed by atoms with Crippen LogP contribution < -0.4 is 4.90 Å². The third-order valence-corrected chi connectivity index (χ3v) is 11.9. The van der Waals surface area contributed by atoms with E-state index < -0.39 is 0 Å². The second-order valence-electron chi connectivity index (χ2n) is 15.7. The molecule has 0 saturated carbocycles. The Balaban J connectivity index is 0.990. The molecule has 2 heteroatoms. The first kappa shape index (κ1) is 36.8. The summed E-state index contributed by atoms with van der Waals surface area (Å²) >= 11 is 0. The molecule has 292 valence electrons. The van der Waals surface area contributed by atoms with Gasteiger partial charge in [-0.3, -0.25) is 0 Å². The van der Waals surface area contributed by atoms with E-state index in [2.05, 4.69) is 248 Å². The molecule has 0 aliphatic heterocycles. The zero-order valence-corrected chi connectivity index (χ0v) is 34.0. The van der Waals surface area contributed by atoms with Gasteiger partial charge >= 0.3 is 0 Å². The lowest BCUT2D eigenvalue weighted by atomic mass is 9.91. The summed E-state index contributed by atoms with van der Waals surface area (Å²) in [5, 5.41) is 2.25. The number of rotatable bonds is 9. The van der Waals surface area contributed by atoms with Crippen molar-refractivity contribution in [2.24, 2.45) is 0 Å². The SMILES string of the molecule is c1ccc(-c2ccc(N(c3ccc(-c4ccc(-c5ccccc5)c(-c5ccccc5)c4)cc3)c3ccc(-c4ccc(-c5ccccc5)c5oc6ccccc6c45)cc3)cc2)cc1. The van der Waals surface area contributed by atoms with Gasteiger partial charge in [0.15, 0.2) is 0 Å². The molecule has 0 aliphatic rings. The molecule has 11 rings (SSSR count). The Morgan fingerprint density at radius 3 is 1.19 bits per heavy atom. The molecule has 11 aromatic rings. The van der Waals surface area contributed by atoms with E-state index in [4.69, 9.17) is 4.42 Å². The number of nitrogens with zero attached hydrogens (tertiary/aromatic N) is 1. The van der Waals surface area contributed by atoms with Gasteiger partial charge in [-0.05, 0) is 116 Å². The Labute approximate surface area is 362 Å². The normalized spacial score (nSPS) is 11.2. The molecule has 0 atom stereocenters. The van der Waals surface area contributed by atoms with Crippen molar-refractivity contribution in [3.05, 3.63) is 249 Å². The predicted molar refractivity (Wildman–Crippen MR) is 261 cm³/mol. The zero-order valence-electron chi connectivity index (χ0n) is 34.0. The van der Waals surface area contributed by atoms with Crippen molar-refractivity contribution in [3.8, 4) is 66.8 Å². The molecule has 62 heavy (non-hydrogen) atoms. The first-order chi connectivity index (χ1) is 30.7. The first-order valence-corrected chi connectivity index (χ1v) is 21.2. The fourth-order valence-corrected chi connectivity index (χ4v) is 8.84. The van der Waals surface area contributed by atoms with Gasteiger partial charge in [-0.1, -0.05) is 194 Å². The van der Waals surface area contributed by atoms with Crippen LogP contribution in [0.4, 0.5) is 17.1 Å². The van der Waals surface area contributed by atoms with E-state index in [-0.39, 0.29) is 0 Å². The van der Waals surface area contributed by atoms with E-state index in [1.807, 2.05) is 6.07 Å². The van der Waals surface area contributed by atoms with Crippen LogP contribution in [-0.4, -0.2) is 0 Å². The molecule has 1 heterocycles. The summed E-state index contributed by atoms with van der Waals surface area (Å²) in [7, 11) is 0. The van der Waals surface area contributed by atoms with E-state index in [0.717, 1.165) is 66.8 Å². The minimum absolute atomic E-state index is 0.890. The summed E-state index contributed by atoms with van der Waals surface area (Å²) < 4.78 is 6.61. The minimum Gasteiger partial charge on any atom is -0.455 e. The highest BCUT2D eigenvalue weighted by Crippen LogP contribution is 2.44. The maximum Gasteiger partial charge on any atom is 0.143 e. The van der Waals surface area contributed by atoms with Crippen LogP contribution in [0, 0.1) is 0 Å². The van der Waals surface area contributed by atoms with Crippen LogP contribution in [0.25, 0.3) is 88.7 Å². The second-order valence-corrected chi connectivity index (χ2v) is 15.7. The summed E-state index contributed by atoms with van der Waals surface area (Å²) in [6.07, 6.45) is 0. The molecule has 1 aromatic heterocycles. The molecule has 0 aliphatic carbocycles. The Morgan fingerprint density at radius 2 is 0.629 bits per heavy atom. The number of para-hydroxylation sites is 1. The summed E-state index contributed by atoms with van der Waals surface area (Å²) in [5.41, 5.74) is 19.1. The van der Waals surface area contributed by atoms with Gasteiger partial charge in [0, 0.05) is 33.4 Å². The van der Waals surface area contributed by atoms with Gasteiger partial charge in [0.05, 0.1) is 0 Å². The summed E-state index contributed by atoms with van der Waals surface area (Å²) in [6.45, 7) is 0. The maximum atomic E-state index is 6.61. The monoisotopic (exact) mass is 791 g/mol. The van der Waals surface area contributed by atoms with Crippen molar-refractivity contribution in [1.29, 1.82) is 0 Å². The fourth-order valence-electron chi connectivity index (χ4n) is 8.84. The minimum atomic E-state index is 0.890. The molecule has 0 amide bonds. The second kappa shape index (κ2) is 16.1. The fraction of sp³-hybridized carbons (Fsp3) is 0. The highest BCUT2D eigenvalue weighted by molar-refractivity contribution is 6.16. The number of benzene rings is 10. The van der Waals surface area contributed by atoms with Crippen molar-refractivity contribution in [2.75, 3.05) is 4.90 Å². The van der Waals surface area contributed by atoms with Gasteiger partial charge in [0.1, 0.15) is 11.2 Å². The van der Waals surface area contributed by atoms with Crippen molar-refractivity contribution in [3.63, 3.8) is 0 Å². The molecule has 0 unspecified atom stereocenters. The number of hydrogen-bond acceptors (Lipinski definition) is 2. The van der Waals surface area contributed by atoms with Crippen molar-refractivity contribution < 1.29 is 4.42 Å². The largest absolute Gasteiger partial charge is 0.455 e. The Hall–Kier alpha value is -8.20. The van der Waals surface area contributed by atoms with Gasteiger partial charge in [-0.2, -0.15) is 0 Å². The summed E-state index contributed by atoms with van der Waals surface area (Å²) in [6, 6.07) is 88.9. The van der Waals surface area contributed by atoms with Crippen LogP contribution in [0.2, 0.25) is 0 Å². The summed E-state index contributed by atoms with van der Waals surface area (Å²) in [5.74, 6) is 0. The Bertz CT molecular complexity index is 3280. The van der Waals surface area contributed by atoms with Crippen LogP contribution in [0.5, 0.6) is 0 Å². The lowest BCUT2D eigenvalue weighted by molar-refractivity contribution is 0.670. The number of anilines is 3. The van der Waals surface area contributed by atoms with Crippen LogP contribution in [0.3, 0.4) is 0 Å². The van der Waals surface area contributed by atoms with E-state index >= 15 is 0 Å². The molecule has 0 saturated heterocycles. The molecule has 0 N–H and O–H groups in total. The molecule has 0 bridgehead atoms. The van der Waals surface area contributed by atoms with Gasteiger partial charge in [0.2, 0.25) is 0 Å². The van der Waals surface area contributed by atoms with Gasteiger partial charge < -0.3 is 9.32 Å². The van der Waals surface area contributed by atoms with Crippen molar-refractivity contribution >= 4 is 39.0 Å². The predicted octanol–water partition coefficient (Wildman–Crippen LogP) is 17.1. The molecule has 0 spiro atoms. The molecule has 10 aromatic carbocycles. The van der Waals surface area contributed by atoms with Crippen LogP contribution in [-0.2, 0) is 0 Å². The standard InChI is InChI=1S/C60H41NO/c1-5-15-42(16-6-1)43-25-32-50(33-26-43)61(51-34-27-44(28-35-51)49-31-38-53(45-17-7-2-8-18-45)57(41-49)47-21-11-4-12-22-47)52-36-29-48(30-37-52)54-39-40-55(46-19-9-3-10-20-46)60-59(54)56-23-13-14-24-58(56)62-60/h1-41H. The maximum absolute atomic E-state index is 6.61. The Morgan fingerprint density at radius 1 is 0.258 bits per heavy atom.